The monoisotopic (exact) mass is 486 g/mol. The van der Waals surface area contributed by atoms with Crippen LogP contribution in [0.5, 0.6) is 0 Å². The molecule has 0 radical (unpaired) electrons. The van der Waals surface area contributed by atoms with E-state index < -0.39 is 5.97 Å². The maximum atomic E-state index is 11.5. The molecule has 2 heterocycles. The van der Waals surface area contributed by atoms with E-state index in [1.165, 1.54) is 40.5 Å². The Morgan fingerprint density at radius 3 is 1.69 bits per heavy atom. The Morgan fingerprint density at radius 2 is 1.22 bits per heavy atom. The van der Waals surface area contributed by atoms with E-state index in [0.717, 1.165) is 35.1 Å². The number of fused-ring (bicyclic) bond motifs is 6. The van der Waals surface area contributed by atoms with E-state index in [-0.39, 0.29) is 41.1 Å². The topological polar surface area (TPSA) is 92.2 Å². The van der Waals surface area contributed by atoms with E-state index in [4.69, 9.17) is 4.74 Å². The van der Waals surface area contributed by atoms with Crippen molar-refractivity contribution < 1.29 is 49.0 Å². The fraction of sp³-hybridized carbons (Fsp3) is 0.172. The van der Waals surface area contributed by atoms with Gasteiger partial charge in [-0.05, 0) is 93.2 Å². The molecule has 174 valence electrons. The van der Waals surface area contributed by atoms with E-state index in [1.807, 2.05) is 56.0 Å². The second-order valence-electron chi connectivity index (χ2n) is 8.86. The summed E-state index contributed by atoms with van der Waals surface area (Å²) in [6.45, 7) is 4.09. The van der Waals surface area contributed by atoms with Crippen LogP contribution in [0, 0.1) is 13.8 Å². The molecule has 36 heavy (non-hydrogen) atoms. The van der Waals surface area contributed by atoms with Crippen LogP contribution >= 0.6 is 0 Å². The number of benzene rings is 2. The predicted molar refractivity (Wildman–Crippen MR) is 130 cm³/mol. The van der Waals surface area contributed by atoms with Crippen LogP contribution in [0.3, 0.4) is 0 Å². The van der Waals surface area contributed by atoms with Crippen molar-refractivity contribution in [2.24, 2.45) is 0 Å². The molecule has 0 atom stereocenters. The molecule has 0 spiro atoms. The number of carbonyl (C=O) groups is 2. The van der Waals surface area contributed by atoms with Gasteiger partial charge in [0.2, 0.25) is 0 Å². The molecule has 7 heteroatoms. The van der Waals surface area contributed by atoms with E-state index in [0.29, 0.717) is 5.56 Å². The van der Waals surface area contributed by atoms with Gasteiger partial charge in [0, 0.05) is 37.6 Å². The second kappa shape index (κ2) is 10.3. The van der Waals surface area contributed by atoms with Crippen molar-refractivity contribution in [1.29, 1.82) is 0 Å². The van der Waals surface area contributed by atoms with E-state index in [9.17, 15) is 14.7 Å². The van der Waals surface area contributed by atoms with Gasteiger partial charge >= 0.3 is 35.5 Å². The number of aromatic carboxylic acids is 1. The van der Waals surface area contributed by atoms with Crippen LogP contribution in [0.25, 0.3) is 22.3 Å². The molecule has 2 aliphatic rings. The maximum Gasteiger partial charge on any atom is 1.00 e. The van der Waals surface area contributed by atoms with Crippen molar-refractivity contribution in [2.75, 3.05) is 7.11 Å². The number of pyridine rings is 2. The van der Waals surface area contributed by atoms with Crippen molar-refractivity contribution in [3.8, 4) is 22.3 Å². The normalized spacial score (nSPS) is 11.6. The number of rotatable bonds is 2. The number of carboxylic acids is 1. The number of hydrogen-bond acceptors (Lipinski definition) is 6. The molecule has 6 rings (SSSR count). The Morgan fingerprint density at radius 1 is 0.750 bits per heavy atom. The van der Waals surface area contributed by atoms with Crippen molar-refractivity contribution in [1.82, 2.24) is 9.97 Å². The summed E-state index contributed by atoms with van der Waals surface area (Å²) >= 11 is 0. The Balaban J connectivity index is 0.000000165. The number of nitrogens with zero attached hydrogens (tertiary/aromatic N) is 2. The van der Waals surface area contributed by atoms with E-state index >= 15 is 0 Å². The molecule has 0 aliphatic heterocycles. The largest absolute Gasteiger partial charge is 1.00 e. The standard InChI is InChI=1S/C15H13NO2.C14H11NO2.Na/c1-9-7-16-8-12-6-11-5-10(15(17)18-2)3-4-13(11)14(9)12;1-8-6-15-7-11-5-10-4-9(14(16)17)2-3-12(10)13(8)11;/h3-5,7-8H,6H2,1-2H3;2-4,6-7H,5H2,1H3,(H,16,17);/q;;+1/p-1. The van der Waals surface area contributed by atoms with Gasteiger partial charge in [-0.25, -0.2) is 4.79 Å². The minimum atomic E-state index is -1.13. The minimum Gasteiger partial charge on any atom is -0.545 e. The van der Waals surface area contributed by atoms with Crippen molar-refractivity contribution in [3.63, 3.8) is 0 Å². The first-order chi connectivity index (χ1) is 16.9. The third-order valence-electron chi connectivity index (χ3n) is 6.60. The molecular weight excluding hydrogens is 463 g/mol. The summed E-state index contributed by atoms with van der Waals surface area (Å²) < 4.78 is 4.75. The average Bonchev–Trinajstić information content (AvgIpc) is 3.42. The molecule has 6 nitrogen and oxygen atoms in total. The Kier molecular flexibility index (Phi) is 7.41. The summed E-state index contributed by atoms with van der Waals surface area (Å²) in [5.41, 5.74) is 12.5. The number of aryl methyl sites for hydroxylation is 2. The molecular formula is C29H23N2NaO4. The predicted octanol–water partition coefficient (Wildman–Crippen LogP) is 1.08. The molecule has 2 aliphatic carbocycles. The minimum absolute atomic E-state index is 0. The molecule has 0 amide bonds. The van der Waals surface area contributed by atoms with E-state index in [2.05, 4.69) is 16.9 Å². The Bertz CT molecular complexity index is 1510. The summed E-state index contributed by atoms with van der Waals surface area (Å²) in [6.07, 6.45) is 9.05. The molecule has 2 aromatic carbocycles. The molecule has 0 fully saturated rings. The summed E-state index contributed by atoms with van der Waals surface area (Å²) in [5.74, 6) is -1.41. The van der Waals surface area contributed by atoms with Gasteiger partial charge in [0.05, 0.1) is 18.6 Å². The van der Waals surface area contributed by atoms with Crippen LogP contribution in [-0.4, -0.2) is 29.0 Å². The number of hydrogen-bond donors (Lipinski definition) is 0. The number of carboxylic acid groups (broad SMARTS) is 1. The third kappa shape index (κ3) is 4.60. The zero-order chi connectivity index (χ0) is 24.7. The van der Waals surface area contributed by atoms with Gasteiger partial charge in [0.1, 0.15) is 0 Å². The fourth-order valence-electron chi connectivity index (χ4n) is 5.03. The van der Waals surface area contributed by atoms with E-state index in [1.54, 1.807) is 12.1 Å². The van der Waals surface area contributed by atoms with Gasteiger partial charge in [-0.1, -0.05) is 18.2 Å². The van der Waals surface area contributed by atoms with Crippen molar-refractivity contribution in [3.05, 3.63) is 106 Å². The smallest absolute Gasteiger partial charge is 0.545 e. The summed E-state index contributed by atoms with van der Waals surface area (Å²) in [4.78, 5) is 30.7. The number of carbonyl (C=O) groups excluding carboxylic acids is 2. The first-order valence-electron chi connectivity index (χ1n) is 11.3. The fourth-order valence-corrected chi connectivity index (χ4v) is 5.03. The third-order valence-corrected chi connectivity index (χ3v) is 6.60. The number of methoxy groups -OCH3 is 1. The average molecular weight is 487 g/mol. The van der Waals surface area contributed by atoms with Gasteiger partial charge in [-0.2, -0.15) is 0 Å². The zero-order valence-electron chi connectivity index (χ0n) is 20.7. The van der Waals surface area contributed by atoms with Gasteiger partial charge in [0.25, 0.3) is 0 Å². The van der Waals surface area contributed by atoms with Crippen LogP contribution < -0.4 is 34.7 Å². The van der Waals surface area contributed by atoms with Gasteiger partial charge in [-0.3, -0.25) is 9.97 Å². The van der Waals surface area contributed by atoms with Gasteiger partial charge in [-0.15, -0.1) is 0 Å². The first kappa shape index (κ1) is 25.8. The second-order valence-corrected chi connectivity index (χ2v) is 8.86. The summed E-state index contributed by atoms with van der Waals surface area (Å²) in [5, 5.41) is 10.8. The summed E-state index contributed by atoms with van der Waals surface area (Å²) in [7, 11) is 1.40. The molecule has 0 bridgehead atoms. The molecule has 0 N–H and O–H groups in total. The number of ether oxygens (including phenoxy) is 1. The van der Waals surface area contributed by atoms with Crippen LogP contribution in [0.15, 0.2) is 61.2 Å². The molecule has 4 aromatic rings. The number of esters is 1. The molecule has 0 saturated heterocycles. The number of aromatic nitrogens is 2. The van der Waals surface area contributed by atoms with Crippen molar-refractivity contribution >= 4 is 11.9 Å². The van der Waals surface area contributed by atoms with Crippen molar-refractivity contribution in [2.45, 2.75) is 26.7 Å². The Labute approximate surface area is 231 Å². The van der Waals surface area contributed by atoms with Gasteiger partial charge < -0.3 is 14.6 Å². The summed E-state index contributed by atoms with van der Waals surface area (Å²) in [6, 6.07) is 10.9. The Hall–Kier alpha value is -3.32. The first-order valence-corrected chi connectivity index (χ1v) is 11.3. The maximum absolute atomic E-state index is 11.5. The molecule has 2 aromatic heterocycles. The van der Waals surface area contributed by atoms with Crippen LogP contribution in [0.1, 0.15) is 54.1 Å². The molecule has 0 saturated carbocycles. The SMILES string of the molecule is COC(=O)c1ccc2c(c1)Cc1cncc(C)c1-2.Cc1cncc2c1-c1ccc(C(=O)[O-])cc1C2.[Na+]. The van der Waals surface area contributed by atoms with Crippen LogP contribution in [-0.2, 0) is 17.6 Å². The van der Waals surface area contributed by atoms with Crippen LogP contribution in [0.2, 0.25) is 0 Å². The quantitative estimate of drug-likeness (QED) is 0.269. The zero-order valence-corrected chi connectivity index (χ0v) is 22.7. The molecule has 0 unspecified atom stereocenters. The van der Waals surface area contributed by atoms with Crippen LogP contribution in [0.4, 0.5) is 0 Å². The van der Waals surface area contributed by atoms with Gasteiger partial charge in [0.15, 0.2) is 0 Å².